The van der Waals surface area contributed by atoms with Gasteiger partial charge >= 0.3 is 0 Å². The Bertz CT molecular complexity index is 1030. The van der Waals surface area contributed by atoms with E-state index in [1.165, 1.54) is 0 Å². The molecular weight excluding hydrogens is 298 g/mol. The van der Waals surface area contributed by atoms with E-state index in [1.807, 2.05) is 40.8 Å². The number of rotatable bonds is 3. The fraction of sp³-hybridized carbons (Fsp3) is 0.211. The molecule has 0 saturated carbocycles. The molecule has 0 amide bonds. The highest BCUT2D eigenvalue weighted by Gasteiger charge is 2.17. The Balaban J connectivity index is 2.09. The molecule has 1 N–H and O–H groups in total. The van der Waals surface area contributed by atoms with Crippen LogP contribution in [-0.2, 0) is 0 Å². The van der Waals surface area contributed by atoms with Crippen LogP contribution in [-0.4, -0.2) is 25.6 Å². The maximum atomic E-state index is 4.80. The lowest BCUT2D eigenvalue weighted by atomic mass is 10.1. The van der Waals surface area contributed by atoms with E-state index < -0.39 is 0 Å². The Hall–Kier alpha value is -2.95. The van der Waals surface area contributed by atoms with E-state index in [-0.39, 0.29) is 6.04 Å². The SMILES string of the molecule is Cc1ccccc1-c1nnc2c3ccccc3nc(NC(C)C)n12. The van der Waals surface area contributed by atoms with Crippen molar-refractivity contribution >= 4 is 22.5 Å². The van der Waals surface area contributed by atoms with Gasteiger partial charge in [0.1, 0.15) is 0 Å². The summed E-state index contributed by atoms with van der Waals surface area (Å²) in [6.45, 7) is 6.28. The lowest BCUT2D eigenvalue weighted by Gasteiger charge is -2.14. The Morgan fingerprint density at radius 1 is 0.958 bits per heavy atom. The lowest BCUT2D eigenvalue weighted by molar-refractivity contribution is 0.869. The van der Waals surface area contributed by atoms with Crippen molar-refractivity contribution in [2.75, 3.05) is 5.32 Å². The summed E-state index contributed by atoms with van der Waals surface area (Å²) in [4.78, 5) is 4.80. The van der Waals surface area contributed by atoms with Crippen LogP contribution in [0.15, 0.2) is 48.5 Å². The molecule has 0 radical (unpaired) electrons. The summed E-state index contributed by atoms with van der Waals surface area (Å²) in [5.41, 5.74) is 3.96. The van der Waals surface area contributed by atoms with Gasteiger partial charge in [-0.1, -0.05) is 36.4 Å². The molecule has 4 aromatic rings. The number of aryl methyl sites for hydroxylation is 1. The van der Waals surface area contributed by atoms with Crippen LogP contribution < -0.4 is 5.32 Å². The van der Waals surface area contributed by atoms with Crippen molar-refractivity contribution < 1.29 is 0 Å². The first-order valence-corrected chi connectivity index (χ1v) is 8.11. The Morgan fingerprint density at radius 3 is 2.50 bits per heavy atom. The Morgan fingerprint density at radius 2 is 1.71 bits per heavy atom. The number of hydrogen-bond acceptors (Lipinski definition) is 4. The number of hydrogen-bond donors (Lipinski definition) is 1. The number of nitrogens with one attached hydrogen (secondary N) is 1. The third-order valence-corrected chi connectivity index (χ3v) is 4.05. The van der Waals surface area contributed by atoms with Crippen LogP contribution in [0.1, 0.15) is 19.4 Å². The standard InChI is InChI=1S/C19H19N5/c1-12(2)20-19-21-16-11-7-6-10-15(16)18-23-22-17(24(18)19)14-9-5-4-8-13(14)3/h4-12H,1-3H3,(H,20,21). The summed E-state index contributed by atoms with van der Waals surface area (Å²) in [5, 5.41) is 13.4. The van der Waals surface area contributed by atoms with Crippen molar-refractivity contribution in [3.63, 3.8) is 0 Å². The normalized spacial score (nSPS) is 11.5. The second-order valence-corrected chi connectivity index (χ2v) is 6.25. The van der Waals surface area contributed by atoms with Crippen LogP contribution in [0.25, 0.3) is 27.9 Å². The third kappa shape index (κ3) is 2.29. The number of benzene rings is 2. The summed E-state index contributed by atoms with van der Waals surface area (Å²) < 4.78 is 2.02. The minimum Gasteiger partial charge on any atom is -0.353 e. The van der Waals surface area contributed by atoms with Gasteiger partial charge in [0, 0.05) is 17.0 Å². The van der Waals surface area contributed by atoms with E-state index >= 15 is 0 Å². The van der Waals surface area contributed by atoms with Crippen molar-refractivity contribution in [2.45, 2.75) is 26.8 Å². The second kappa shape index (κ2) is 5.60. The molecule has 2 aromatic carbocycles. The molecule has 120 valence electrons. The number of fused-ring (bicyclic) bond motifs is 3. The molecule has 0 aliphatic carbocycles. The summed E-state index contributed by atoms with van der Waals surface area (Å²) in [5.74, 6) is 1.58. The van der Waals surface area contributed by atoms with Crippen molar-refractivity contribution in [2.24, 2.45) is 0 Å². The largest absolute Gasteiger partial charge is 0.353 e. The van der Waals surface area contributed by atoms with E-state index in [1.54, 1.807) is 0 Å². The fourth-order valence-corrected chi connectivity index (χ4v) is 2.94. The predicted molar refractivity (Wildman–Crippen MR) is 97.2 cm³/mol. The second-order valence-electron chi connectivity index (χ2n) is 6.25. The van der Waals surface area contributed by atoms with Crippen molar-refractivity contribution in [3.05, 3.63) is 54.1 Å². The van der Waals surface area contributed by atoms with E-state index in [0.29, 0.717) is 0 Å². The Kier molecular flexibility index (Phi) is 3.41. The van der Waals surface area contributed by atoms with Gasteiger partial charge in [0.25, 0.3) is 0 Å². The highest BCUT2D eigenvalue weighted by atomic mass is 15.3. The quantitative estimate of drug-likeness (QED) is 0.619. The van der Waals surface area contributed by atoms with E-state index in [0.717, 1.165) is 39.4 Å². The van der Waals surface area contributed by atoms with Gasteiger partial charge in [0.2, 0.25) is 5.95 Å². The van der Waals surface area contributed by atoms with Gasteiger partial charge < -0.3 is 5.32 Å². The number of anilines is 1. The first kappa shape index (κ1) is 14.6. The van der Waals surface area contributed by atoms with Gasteiger partial charge in [-0.2, -0.15) is 0 Å². The zero-order chi connectivity index (χ0) is 16.7. The molecule has 0 unspecified atom stereocenters. The Labute approximate surface area is 140 Å². The third-order valence-electron chi connectivity index (χ3n) is 4.05. The first-order valence-electron chi connectivity index (χ1n) is 8.11. The van der Waals surface area contributed by atoms with Crippen LogP contribution >= 0.6 is 0 Å². The van der Waals surface area contributed by atoms with Crippen LogP contribution in [0, 0.1) is 6.92 Å². The number of para-hydroxylation sites is 1. The molecule has 0 spiro atoms. The molecule has 0 aliphatic heterocycles. The van der Waals surface area contributed by atoms with Crippen molar-refractivity contribution in [1.82, 2.24) is 19.6 Å². The van der Waals surface area contributed by atoms with Gasteiger partial charge in [-0.15, -0.1) is 10.2 Å². The lowest BCUT2D eigenvalue weighted by Crippen LogP contribution is -2.15. The number of nitrogens with zero attached hydrogens (tertiary/aromatic N) is 4. The van der Waals surface area contributed by atoms with Crippen LogP contribution in [0.4, 0.5) is 5.95 Å². The molecule has 0 bridgehead atoms. The zero-order valence-electron chi connectivity index (χ0n) is 14.0. The maximum Gasteiger partial charge on any atom is 0.211 e. The van der Waals surface area contributed by atoms with Crippen LogP contribution in [0.3, 0.4) is 0 Å². The molecule has 2 aromatic heterocycles. The molecule has 5 heteroatoms. The minimum absolute atomic E-state index is 0.258. The predicted octanol–water partition coefficient (Wildman–Crippen LogP) is 4.07. The molecular formula is C19H19N5. The highest BCUT2D eigenvalue weighted by molar-refractivity contribution is 5.93. The van der Waals surface area contributed by atoms with Gasteiger partial charge in [-0.25, -0.2) is 9.38 Å². The average Bonchev–Trinajstić information content (AvgIpc) is 3.00. The summed E-state index contributed by atoms with van der Waals surface area (Å²) in [6.07, 6.45) is 0. The maximum absolute atomic E-state index is 4.80. The van der Waals surface area contributed by atoms with Crippen molar-refractivity contribution in [3.8, 4) is 11.4 Å². The topological polar surface area (TPSA) is 55.1 Å². The first-order chi connectivity index (χ1) is 11.6. The average molecular weight is 317 g/mol. The molecule has 0 fully saturated rings. The fourth-order valence-electron chi connectivity index (χ4n) is 2.94. The molecule has 0 saturated heterocycles. The van der Waals surface area contributed by atoms with E-state index in [9.17, 15) is 0 Å². The van der Waals surface area contributed by atoms with E-state index in [2.05, 4.69) is 48.4 Å². The summed E-state index contributed by atoms with van der Waals surface area (Å²) in [6, 6.07) is 16.5. The molecule has 2 heterocycles. The smallest absolute Gasteiger partial charge is 0.211 e. The summed E-state index contributed by atoms with van der Waals surface area (Å²) in [7, 11) is 0. The molecule has 0 aliphatic rings. The van der Waals surface area contributed by atoms with Gasteiger partial charge in [-0.3, -0.25) is 0 Å². The molecule has 0 atom stereocenters. The highest BCUT2D eigenvalue weighted by Crippen LogP contribution is 2.28. The van der Waals surface area contributed by atoms with Crippen LogP contribution in [0.2, 0.25) is 0 Å². The number of aromatic nitrogens is 4. The summed E-state index contributed by atoms with van der Waals surface area (Å²) >= 11 is 0. The van der Waals surface area contributed by atoms with E-state index in [4.69, 9.17) is 4.98 Å². The van der Waals surface area contributed by atoms with Gasteiger partial charge in [0.05, 0.1) is 5.52 Å². The molecule has 5 nitrogen and oxygen atoms in total. The van der Waals surface area contributed by atoms with Crippen LogP contribution in [0.5, 0.6) is 0 Å². The van der Waals surface area contributed by atoms with Crippen molar-refractivity contribution in [1.29, 1.82) is 0 Å². The van der Waals surface area contributed by atoms with Gasteiger partial charge in [0.15, 0.2) is 11.5 Å². The van der Waals surface area contributed by atoms with Gasteiger partial charge in [-0.05, 0) is 38.5 Å². The zero-order valence-corrected chi connectivity index (χ0v) is 14.0. The monoisotopic (exact) mass is 317 g/mol. The minimum atomic E-state index is 0.258. The molecule has 24 heavy (non-hydrogen) atoms. The molecule has 4 rings (SSSR count).